The smallest absolute Gasteiger partial charge is 0.254 e. The van der Waals surface area contributed by atoms with Crippen molar-refractivity contribution >= 4 is 40.7 Å². The van der Waals surface area contributed by atoms with Crippen LogP contribution in [-0.4, -0.2) is 17.0 Å². The van der Waals surface area contributed by atoms with Crippen LogP contribution in [0.2, 0.25) is 10.0 Å². The highest BCUT2D eigenvalue weighted by atomic mass is 35.5. The second kappa shape index (κ2) is 5.56. The first-order valence-corrected chi connectivity index (χ1v) is 5.32. The molecule has 0 saturated carbocycles. The van der Waals surface area contributed by atoms with Crippen molar-refractivity contribution in [3.63, 3.8) is 0 Å². The van der Waals surface area contributed by atoms with Gasteiger partial charge in [0.25, 0.3) is 5.91 Å². The van der Waals surface area contributed by atoms with Crippen LogP contribution in [0.25, 0.3) is 0 Å². The van der Waals surface area contributed by atoms with Crippen molar-refractivity contribution in [2.75, 3.05) is 6.00 Å². The first kappa shape index (κ1) is 12.6. The molecule has 0 heterocycles. The molecule has 1 atom stereocenters. The Labute approximate surface area is 102 Å². The average Bonchev–Trinajstić information content (AvgIpc) is 2.17. The van der Waals surface area contributed by atoms with Gasteiger partial charge in [-0.2, -0.15) is 0 Å². The lowest BCUT2D eigenvalue weighted by molar-refractivity contribution is -0.129. The lowest BCUT2D eigenvalue weighted by Gasteiger charge is -2.11. The zero-order valence-corrected chi connectivity index (χ0v) is 9.77. The maximum Gasteiger partial charge on any atom is 0.254 e. The van der Waals surface area contributed by atoms with Crippen LogP contribution in [0, 0.1) is 0 Å². The Balaban J connectivity index is 2.91. The van der Waals surface area contributed by atoms with Crippen LogP contribution < -0.4 is 5.32 Å². The van der Waals surface area contributed by atoms with Crippen molar-refractivity contribution in [2.24, 2.45) is 0 Å². The Bertz CT molecular complexity index is 370. The number of benzene rings is 1. The summed E-state index contributed by atoms with van der Waals surface area (Å²) in [5, 5.41) is 12.5. The summed E-state index contributed by atoms with van der Waals surface area (Å²) in [5.74, 6) is -0.603. The summed E-state index contributed by atoms with van der Waals surface area (Å²) in [4.78, 5) is 11.2. The first-order valence-electron chi connectivity index (χ1n) is 4.03. The highest BCUT2D eigenvalue weighted by Crippen LogP contribution is 2.26. The Morgan fingerprint density at radius 3 is 2.67 bits per heavy atom. The second-order valence-electron chi connectivity index (χ2n) is 2.74. The van der Waals surface area contributed by atoms with Gasteiger partial charge in [-0.05, 0) is 12.1 Å². The molecule has 1 unspecified atom stereocenters. The fourth-order valence-electron chi connectivity index (χ4n) is 1.03. The van der Waals surface area contributed by atoms with Crippen LogP contribution in [0.15, 0.2) is 18.2 Å². The number of amides is 1. The molecule has 1 aromatic rings. The second-order valence-corrected chi connectivity index (χ2v) is 3.85. The van der Waals surface area contributed by atoms with E-state index in [0.717, 1.165) is 0 Å². The number of alkyl halides is 1. The van der Waals surface area contributed by atoms with E-state index in [4.69, 9.17) is 34.8 Å². The van der Waals surface area contributed by atoms with Crippen LogP contribution in [0.3, 0.4) is 0 Å². The number of nitrogens with one attached hydrogen (secondary N) is 1. The zero-order valence-electron chi connectivity index (χ0n) is 7.51. The van der Waals surface area contributed by atoms with E-state index >= 15 is 0 Å². The summed E-state index contributed by atoms with van der Waals surface area (Å²) in [7, 11) is 0. The molecule has 15 heavy (non-hydrogen) atoms. The van der Waals surface area contributed by atoms with Gasteiger partial charge >= 0.3 is 0 Å². The van der Waals surface area contributed by atoms with Gasteiger partial charge in [-0.3, -0.25) is 4.79 Å². The lowest BCUT2D eigenvalue weighted by Crippen LogP contribution is -2.28. The van der Waals surface area contributed by atoms with Crippen molar-refractivity contribution in [1.82, 2.24) is 5.32 Å². The maximum atomic E-state index is 11.2. The summed E-state index contributed by atoms with van der Waals surface area (Å²) in [6.07, 6.45) is -1.34. The van der Waals surface area contributed by atoms with E-state index in [-0.39, 0.29) is 11.0 Å². The topological polar surface area (TPSA) is 49.3 Å². The molecular formula is C9H8Cl3NO2. The molecule has 0 spiro atoms. The highest BCUT2D eigenvalue weighted by Gasteiger charge is 2.19. The number of hydrogen-bond donors (Lipinski definition) is 2. The molecule has 0 radical (unpaired) electrons. The third-order valence-corrected chi connectivity index (χ3v) is 2.44. The van der Waals surface area contributed by atoms with Crippen LogP contribution >= 0.6 is 34.8 Å². The first-order chi connectivity index (χ1) is 7.06. The van der Waals surface area contributed by atoms with Crippen molar-refractivity contribution in [3.05, 3.63) is 33.8 Å². The summed E-state index contributed by atoms with van der Waals surface area (Å²) in [6, 6.07) is 4.42. The van der Waals surface area contributed by atoms with Gasteiger partial charge in [0.2, 0.25) is 0 Å². The van der Waals surface area contributed by atoms with Gasteiger partial charge in [0.1, 0.15) is 0 Å². The summed E-state index contributed by atoms with van der Waals surface area (Å²) in [6.45, 7) is 0. The van der Waals surface area contributed by atoms with E-state index in [2.05, 4.69) is 5.32 Å². The number of carbonyl (C=O) groups excluding carboxylic acids is 1. The number of hydrogen-bond acceptors (Lipinski definition) is 2. The van der Waals surface area contributed by atoms with Crippen molar-refractivity contribution < 1.29 is 9.90 Å². The minimum absolute atomic E-state index is 0.0684. The molecule has 2 N–H and O–H groups in total. The number of rotatable bonds is 3. The van der Waals surface area contributed by atoms with Crippen LogP contribution in [-0.2, 0) is 4.79 Å². The van der Waals surface area contributed by atoms with E-state index in [1.54, 1.807) is 6.07 Å². The Morgan fingerprint density at radius 1 is 1.47 bits per heavy atom. The standard InChI is InChI=1S/C9H8Cl3NO2/c10-4-13-9(15)8(14)6-2-1-5(11)3-7(6)12/h1-3,8,14H,4H2,(H,13,15). The fourth-order valence-corrected chi connectivity index (χ4v) is 1.67. The molecular weight excluding hydrogens is 260 g/mol. The van der Waals surface area contributed by atoms with Gasteiger partial charge in [-0.1, -0.05) is 29.3 Å². The number of halogens is 3. The van der Waals surface area contributed by atoms with Crippen LogP contribution in [0.1, 0.15) is 11.7 Å². The third-order valence-electron chi connectivity index (χ3n) is 1.75. The molecule has 1 amide bonds. The Hall–Kier alpha value is -0.480. The molecule has 0 aliphatic carbocycles. The molecule has 0 bridgehead atoms. The fraction of sp³-hybridized carbons (Fsp3) is 0.222. The van der Waals surface area contributed by atoms with Crippen molar-refractivity contribution in [2.45, 2.75) is 6.10 Å². The van der Waals surface area contributed by atoms with E-state index in [1.807, 2.05) is 0 Å². The molecule has 0 aromatic heterocycles. The van der Waals surface area contributed by atoms with Gasteiger partial charge in [0, 0.05) is 15.6 Å². The Kier molecular flexibility index (Phi) is 4.67. The van der Waals surface area contributed by atoms with E-state index in [9.17, 15) is 9.90 Å². The maximum absolute atomic E-state index is 11.2. The van der Waals surface area contributed by atoms with Gasteiger partial charge < -0.3 is 10.4 Å². The predicted molar refractivity (Wildman–Crippen MR) is 60.3 cm³/mol. The summed E-state index contributed by atoms with van der Waals surface area (Å²) < 4.78 is 0. The molecule has 0 aliphatic rings. The van der Waals surface area contributed by atoms with Crippen molar-refractivity contribution in [3.8, 4) is 0 Å². The minimum Gasteiger partial charge on any atom is -0.378 e. The number of carbonyl (C=O) groups is 1. The van der Waals surface area contributed by atoms with E-state index in [1.165, 1.54) is 12.1 Å². The average molecular weight is 269 g/mol. The molecule has 0 saturated heterocycles. The monoisotopic (exact) mass is 267 g/mol. The molecule has 3 nitrogen and oxygen atoms in total. The largest absolute Gasteiger partial charge is 0.378 e. The van der Waals surface area contributed by atoms with E-state index < -0.39 is 12.0 Å². The highest BCUT2D eigenvalue weighted by molar-refractivity contribution is 6.35. The Morgan fingerprint density at radius 2 is 2.13 bits per heavy atom. The van der Waals surface area contributed by atoms with Crippen molar-refractivity contribution in [1.29, 1.82) is 0 Å². The van der Waals surface area contributed by atoms with Gasteiger partial charge in [-0.15, -0.1) is 11.6 Å². The lowest BCUT2D eigenvalue weighted by atomic mass is 10.1. The van der Waals surface area contributed by atoms with Gasteiger partial charge in [0.15, 0.2) is 6.10 Å². The van der Waals surface area contributed by atoms with E-state index in [0.29, 0.717) is 10.6 Å². The molecule has 1 aromatic carbocycles. The van der Waals surface area contributed by atoms with Crippen LogP contribution in [0.4, 0.5) is 0 Å². The zero-order chi connectivity index (χ0) is 11.4. The van der Waals surface area contributed by atoms with Crippen LogP contribution in [0.5, 0.6) is 0 Å². The summed E-state index contributed by atoms with van der Waals surface area (Å²) in [5.41, 5.74) is 0.295. The SMILES string of the molecule is O=C(NCCl)C(O)c1ccc(Cl)cc1Cl. The minimum atomic E-state index is -1.34. The molecule has 1 rings (SSSR count). The molecule has 6 heteroatoms. The normalized spacial score (nSPS) is 12.3. The van der Waals surface area contributed by atoms with Gasteiger partial charge in [0.05, 0.1) is 6.00 Å². The predicted octanol–water partition coefficient (Wildman–Crippen LogP) is 2.34. The quantitative estimate of drug-likeness (QED) is 0.653. The third kappa shape index (κ3) is 3.24. The molecule has 0 aliphatic heterocycles. The van der Waals surface area contributed by atoms with Gasteiger partial charge in [-0.25, -0.2) is 0 Å². The summed E-state index contributed by atoms with van der Waals surface area (Å²) >= 11 is 16.8. The molecule has 0 fully saturated rings. The number of aliphatic hydroxyl groups excluding tert-OH is 1. The molecule has 82 valence electrons. The number of aliphatic hydroxyl groups is 1.